The molecule has 2 aromatic heterocycles. The number of hydrogen-bond acceptors (Lipinski definition) is 8. The van der Waals surface area contributed by atoms with Gasteiger partial charge in [0.2, 0.25) is 5.95 Å². The lowest BCUT2D eigenvalue weighted by molar-refractivity contribution is 0.222. The summed E-state index contributed by atoms with van der Waals surface area (Å²) in [6.45, 7) is 5.73. The first-order chi connectivity index (χ1) is 16.2. The van der Waals surface area contributed by atoms with Gasteiger partial charge in [0.15, 0.2) is 15.6 Å². The third-order valence-corrected chi connectivity index (χ3v) is 8.56. The number of piperidine rings is 1. The Kier molecular flexibility index (Phi) is 7.66. The van der Waals surface area contributed by atoms with Crippen LogP contribution in [0.15, 0.2) is 34.8 Å². The third kappa shape index (κ3) is 5.64. The molecule has 1 saturated heterocycles. The number of thiazole rings is 1. The number of nitrogens with zero attached hydrogens (tertiary/aromatic N) is 4. The van der Waals surface area contributed by atoms with Crippen molar-refractivity contribution in [2.24, 2.45) is 0 Å². The van der Waals surface area contributed by atoms with Crippen LogP contribution in [0.2, 0.25) is 10.0 Å². The lowest BCUT2D eigenvalue weighted by Gasteiger charge is -2.31. The molecular weight excluding hydrogens is 515 g/mol. The van der Waals surface area contributed by atoms with Gasteiger partial charge in [-0.05, 0) is 43.9 Å². The zero-order chi connectivity index (χ0) is 24.5. The topological polar surface area (TPSA) is 85.3 Å². The summed E-state index contributed by atoms with van der Waals surface area (Å²) >= 11 is 14.2. The van der Waals surface area contributed by atoms with Crippen LogP contribution in [0.5, 0.6) is 5.75 Å². The minimum atomic E-state index is -3.43. The van der Waals surface area contributed by atoms with E-state index in [2.05, 4.69) is 21.8 Å². The molecule has 1 fully saturated rings. The quantitative estimate of drug-likeness (QED) is 0.378. The molecule has 0 spiro atoms. The summed E-state index contributed by atoms with van der Waals surface area (Å²) in [6, 6.07) is 2.70. The highest BCUT2D eigenvalue weighted by Crippen LogP contribution is 2.39. The van der Waals surface area contributed by atoms with Crippen molar-refractivity contribution in [1.29, 1.82) is 0 Å². The summed E-state index contributed by atoms with van der Waals surface area (Å²) in [7, 11) is -3.43. The molecule has 0 radical (unpaired) electrons. The maximum Gasteiger partial charge on any atom is 0.225 e. The molecule has 0 amide bonds. The first-order valence-electron chi connectivity index (χ1n) is 11.0. The minimum Gasteiger partial charge on any atom is -0.481 e. The summed E-state index contributed by atoms with van der Waals surface area (Å²) in [6.07, 6.45) is 7.40. The molecule has 182 valence electrons. The molecule has 3 aromatic rings. The van der Waals surface area contributed by atoms with E-state index in [1.165, 1.54) is 12.1 Å². The smallest absolute Gasteiger partial charge is 0.225 e. The second-order valence-electron chi connectivity index (χ2n) is 8.37. The van der Waals surface area contributed by atoms with E-state index in [4.69, 9.17) is 32.9 Å². The number of ether oxygens (including phenoxy) is 1. The fraction of sp³-hybridized carbons (Fsp3) is 0.435. The van der Waals surface area contributed by atoms with E-state index in [1.807, 2.05) is 24.7 Å². The van der Waals surface area contributed by atoms with Crippen molar-refractivity contribution in [2.75, 3.05) is 24.2 Å². The summed E-state index contributed by atoms with van der Waals surface area (Å²) in [5, 5.41) is 3.37. The lowest BCUT2D eigenvalue weighted by Crippen LogP contribution is -2.34. The molecule has 0 saturated carbocycles. The Morgan fingerprint density at radius 2 is 1.79 bits per heavy atom. The Bertz CT molecular complexity index is 1230. The monoisotopic (exact) mass is 540 g/mol. The molecule has 0 bridgehead atoms. The molecule has 4 rings (SSSR count). The van der Waals surface area contributed by atoms with Gasteiger partial charge in [-0.1, -0.05) is 30.1 Å². The summed E-state index contributed by atoms with van der Waals surface area (Å²) in [5.74, 6) is 1.41. The fourth-order valence-corrected chi connectivity index (χ4v) is 6.24. The van der Waals surface area contributed by atoms with Crippen LogP contribution in [0.1, 0.15) is 55.0 Å². The van der Waals surface area contributed by atoms with Crippen LogP contribution in [0.4, 0.5) is 5.95 Å². The molecule has 1 aliphatic rings. The van der Waals surface area contributed by atoms with Crippen LogP contribution in [-0.2, 0) is 16.3 Å². The number of hydrogen-bond donors (Lipinski definition) is 0. The molecule has 0 aliphatic carbocycles. The number of halogens is 2. The van der Waals surface area contributed by atoms with Crippen molar-refractivity contribution >= 4 is 50.3 Å². The lowest BCUT2D eigenvalue weighted by atomic mass is 9.98. The van der Waals surface area contributed by atoms with E-state index in [0.29, 0.717) is 5.92 Å². The van der Waals surface area contributed by atoms with Crippen LogP contribution in [0, 0.1) is 0 Å². The average molecular weight is 542 g/mol. The Morgan fingerprint density at radius 3 is 2.35 bits per heavy atom. The van der Waals surface area contributed by atoms with Crippen LogP contribution < -0.4 is 9.64 Å². The van der Waals surface area contributed by atoms with Crippen molar-refractivity contribution < 1.29 is 13.2 Å². The highest BCUT2D eigenvalue weighted by molar-refractivity contribution is 7.90. The van der Waals surface area contributed by atoms with E-state index >= 15 is 0 Å². The van der Waals surface area contributed by atoms with E-state index in [-0.39, 0.29) is 20.7 Å². The molecular formula is C23H26Cl2N4O3S2. The van der Waals surface area contributed by atoms with Crippen molar-refractivity contribution in [3.8, 4) is 5.75 Å². The Morgan fingerprint density at radius 1 is 1.18 bits per heavy atom. The first kappa shape index (κ1) is 25.2. The molecule has 1 aromatic carbocycles. The van der Waals surface area contributed by atoms with Gasteiger partial charge in [-0.3, -0.25) is 0 Å². The van der Waals surface area contributed by atoms with E-state index < -0.39 is 15.9 Å². The molecule has 1 atom stereocenters. The van der Waals surface area contributed by atoms with Crippen LogP contribution in [0.3, 0.4) is 0 Å². The van der Waals surface area contributed by atoms with Gasteiger partial charge < -0.3 is 9.64 Å². The molecule has 0 N–H and O–H groups in total. The zero-order valence-electron chi connectivity index (χ0n) is 19.2. The number of aromatic nitrogens is 3. The van der Waals surface area contributed by atoms with E-state index in [9.17, 15) is 8.42 Å². The maximum absolute atomic E-state index is 11.8. The summed E-state index contributed by atoms with van der Waals surface area (Å²) in [5.41, 5.74) is 1.93. The molecule has 11 heteroatoms. The van der Waals surface area contributed by atoms with Gasteiger partial charge >= 0.3 is 0 Å². The van der Waals surface area contributed by atoms with Gasteiger partial charge in [-0.15, -0.1) is 11.3 Å². The second kappa shape index (κ2) is 10.4. The normalized spacial score (nSPS) is 16.0. The van der Waals surface area contributed by atoms with Gasteiger partial charge in [-0.25, -0.2) is 23.4 Å². The fourth-order valence-electron chi connectivity index (χ4n) is 3.80. The standard InChI is InChI=1S/C23H26Cl2N4O3S2/c1-4-15-11-26-23(27-12-15)29-7-5-16(6-8-29)22-28-20(13-33-22)14(2)32-21-18(24)9-17(10-19(21)25)34(3,30)31/h9-14,16H,4-8H2,1-3H3. The predicted octanol–water partition coefficient (Wildman–Crippen LogP) is 5.73. The van der Waals surface area contributed by atoms with E-state index in [0.717, 1.165) is 60.8 Å². The number of aryl methyl sites for hydroxylation is 1. The van der Waals surface area contributed by atoms with Crippen molar-refractivity contribution in [3.63, 3.8) is 0 Å². The maximum atomic E-state index is 11.8. The second-order valence-corrected chi connectivity index (χ2v) is 12.1. The Hall–Kier alpha value is -1.94. The number of rotatable bonds is 7. The third-order valence-electron chi connectivity index (χ3n) is 5.88. The minimum absolute atomic E-state index is 0.0523. The van der Waals surface area contributed by atoms with Crippen LogP contribution in [0.25, 0.3) is 0 Å². The van der Waals surface area contributed by atoms with Crippen LogP contribution in [-0.4, -0.2) is 42.7 Å². The molecule has 3 heterocycles. The predicted molar refractivity (Wildman–Crippen MR) is 136 cm³/mol. The van der Waals surface area contributed by atoms with Gasteiger partial charge in [0.1, 0.15) is 6.10 Å². The number of sulfone groups is 1. The highest BCUT2D eigenvalue weighted by atomic mass is 35.5. The molecule has 34 heavy (non-hydrogen) atoms. The summed E-state index contributed by atoms with van der Waals surface area (Å²) in [4.78, 5) is 16.1. The number of benzene rings is 1. The first-order valence-corrected chi connectivity index (χ1v) is 14.5. The van der Waals surface area contributed by atoms with Crippen molar-refractivity contribution in [1.82, 2.24) is 15.0 Å². The highest BCUT2D eigenvalue weighted by Gasteiger charge is 2.26. The number of anilines is 1. The van der Waals surface area contributed by atoms with Crippen molar-refractivity contribution in [2.45, 2.75) is 50.0 Å². The van der Waals surface area contributed by atoms with Gasteiger partial charge in [0, 0.05) is 43.0 Å². The Balaban J connectivity index is 1.40. The van der Waals surface area contributed by atoms with Gasteiger partial charge in [-0.2, -0.15) is 0 Å². The zero-order valence-corrected chi connectivity index (χ0v) is 22.3. The van der Waals surface area contributed by atoms with Gasteiger partial charge in [0.05, 0.1) is 25.6 Å². The van der Waals surface area contributed by atoms with Crippen LogP contribution >= 0.6 is 34.5 Å². The van der Waals surface area contributed by atoms with Gasteiger partial charge in [0.25, 0.3) is 0 Å². The SMILES string of the molecule is CCc1cnc(N2CCC(c3nc(C(C)Oc4c(Cl)cc(S(C)(=O)=O)cc4Cl)cs3)CC2)nc1. The average Bonchev–Trinajstić information content (AvgIpc) is 3.31. The van der Waals surface area contributed by atoms with Crippen molar-refractivity contribution in [3.05, 3.63) is 56.2 Å². The van der Waals surface area contributed by atoms with E-state index in [1.54, 1.807) is 11.3 Å². The molecule has 7 nitrogen and oxygen atoms in total. The summed E-state index contributed by atoms with van der Waals surface area (Å²) < 4.78 is 29.6. The molecule has 1 aliphatic heterocycles. The Labute approximate surface area is 214 Å². The molecule has 1 unspecified atom stereocenters. The largest absolute Gasteiger partial charge is 0.481 e.